The summed E-state index contributed by atoms with van der Waals surface area (Å²) >= 11 is 5.36. The van der Waals surface area contributed by atoms with Crippen molar-refractivity contribution in [2.45, 2.75) is 25.8 Å². The van der Waals surface area contributed by atoms with Gasteiger partial charge in [0.1, 0.15) is 0 Å². The average Bonchev–Trinajstić information content (AvgIpc) is 2.66. The molecule has 0 fully saturated rings. The van der Waals surface area contributed by atoms with Gasteiger partial charge in [-0.15, -0.1) is 11.3 Å². The van der Waals surface area contributed by atoms with Crippen LogP contribution in [0, 0.1) is 5.92 Å². The van der Waals surface area contributed by atoms with E-state index in [2.05, 4.69) is 44.8 Å². The Bertz CT molecular complexity index is 332. The van der Waals surface area contributed by atoms with E-state index in [1.807, 2.05) is 11.3 Å². The lowest BCUT2D eigenvalue weighted by molar-refractivity contribution is 0.441. The minimum Gasteiger partial charge on any atom is -0.312 e. The molecule has 0 amide bonds. The van der Waals surface area contributed by atoms with Crippen LogP contribution in [0.1, 0.15) is 24.1 Å². The molecule has 0 aliphatic heterocycles. The highest BCUT2D eigenvalue weighted by Gasteiger charge is 2.09. The summed E-state index contributed by atoms with van der Waals surface area (Å²) in [5, 5.41) is 5.67. The van der Waals surface area contributed by atoms with Crippen molar-refractivity contribution in [2.75, 3.05) is 6.54 Å². The Balaban J connectivity index is 1.71. The molecule has 1 atom stereocenters. The van der Waals surface area contributed by atoms with E-state index in [1.165, 1.54) is 28.6 Å². The zero-order chi connectivity index (χ0) is 10.5. The number of hydrogen-bond donors (Lipinski definition) is 1. The monoisotopic (exact) mass is 285 g/mol. The molecule has 1 N–H and O–H groups in total. The van der Waals surface area contributed by atoms with Crippen LogP contribution < -0.4 is 5.32 Å². The molecule has 1 aromatic heterocycles. The lowest BCUT2D eigenvalue weighted by Gasteiger charge is -2.17. The summed E-state index contributed by atoms with van der Waals surface area (Å²) in [6.45, 7) is 2.15. The molecule has 1 nitrogen and oxygen atoms in total. The third-order valence-electron chi connectivity index (χ3n) is 2.79. The maximum absolute atomic E-state index is 3.55. The quantitative estimate of drug-likeness (QED) is 0.826. The minimum atomic E-state index is 0.841. The van der Waals surface area contributed by atoms with Crippen molar-refractivity contribution in [1.82, 2.24) is 5.32 Å². The van der Waals surface area contributed by atoms with Gasteiger partial charge in [-0.1, -0.05) is 12.2 Å². The second-order valence-corrected chi connectivity index (χ2v) is 5.83. The lowest BCUT2D eigenvalue weighted by atomic mass is 9.94. The third kappa shape index (κ3) is 3.44. The second-order valence-electron chi connectivity index (χ2n) is 3.97. The molecule has 1 heterocycles. The Morgan fingerprint density at radius 2 is 2.40 bits per heavy atom. The molecule has 1 aromatic rings. The summed E-state index contributed by atoms with van der Waals surface area (Å²) < 4.78 is 1.24. The fraction of sp³-hybridized carbons (Fsp3) is 0.500. The molecule has 1 aliphatic carbocycles. The summed E-state index contributed by atoms with van der Waals surface area (Å²) in [4.78, 5) is 1.40. The molecule has 1 unspecified atom stereocenters. The third-order valence-corrected chi connectivity index (χ3v) is 4.71. The van der Waals surface area contributed by atoms with Crippen molar-refractivity contribution in [3.8, 4) is 0 Å². The van der Waals surface area contributed by atoms with Gasteiger partial charge in [-0.3, -0.25) is 0 Å². The van der Waals surface area contributed by atoms with Crippen molar-refractivity contribution >= 4 is 27.3 Å². The van der Waals surface area contributed by atoms with Crippen LogP contribution in [-0.4, -0.2) is 6.54 Å². The predicted octanol–water partition coefficient (Wildman–Crippen LogP) is 3.96. The Kier molecular flexibility index (Phi) is 4.42. The molecule has 82 valence electrons. The maximum Gasteiger partial charge on any atom is 0.0327 e. The molecule has 2 rings (SSSR count). The van der Waals surface area contributed by atoms with E-state index in [1.54, 1.807) is 0 Å². The predicted molar refractivity (Wildman–Crippen MR) is 70.2 cm³/mol. The number of halogens is 1. The molecule has 0 saturated carbocycles. The summed E-state index contributed by atoms with van der Waals surface area (Å²) in [5.41, 5.74) is 0. The van der Waals surface area contributed by atoms with Crippen LogP contribution in [0.2, 0.25) is 0 Å². The summed E-state index contributed by atoms with van der Waals surface area (Å²) in [5.74, 6) is 0.841. The Labute approximate surface area is 104 Å². The van der Waals surface area contributed by atoms with Crippen molar-refractivity contribution in [3.63, 3.8) is 0 Å². The number of thiophene rings is 1. The zero-order valence-electron chi connectivity index (χ0n) is 8.71. The second kappa shape index (κ2) is 5.83. The number of nitrogens with one attached hydrogen (secondary N) is 1. The van der Waals surface area contributed by atoms with Gasteiger partial charge in [0, 0.05) is 15.9 Å². The first kappa shape index (κ1) is 11.4. The van der Waals surface area contributed by atoms with Gasteiger partial charge in [-0.2, -0.15) is 0 Å². The van der Waals surface area contributed by atoms with Crippen molar-refractivity contribution in [2.24, 2.45) is 5.92 Å². The number of rotatable bonds is 4. The van der Waals surface area contributed by atoms with Gasteiger partial charge >= 0.3 is 0 Å². The van der Waals surface area contributed by atoms with Crippen LogP contribution in [0.5, 0.6) is 0 Å². The molecule has 15 heavy (non-hydrogen) atoms. The average molecular weight is 286 g/mol. The molecule has 3 heteroatoms. The van der Waals surface area contributed by atoms with E-state index in [0.29, 0.717) is 0 Å². The van der Waals surface area contributed by atoms with Crippen LogP contribution in [0.25, 0.3) is 0 Å². The van der Waals surface area contributed by atoms with Gasteiger partial charge in [0.25, 0.3) is 0 Å². The van der Waals surface area contributed by atoms with E-state index in [-0.39, 0.29) is 0 Å². The van der Waals surface area contributed by atoms with Gasteiger partial charge in [0.2, 0.25) is 0 Å². The Hall–Kier alpha value is -0.120. The first-order valence-electron chi connectivity index (χ1n) is 5.44. The minimum absolute atomic E-state index is 0.841. The van der Waals surface area contributed by atoms with Gasteiger partial charge in [-0.25, -0.2) is 0 Å². The van der Waals surface area contributed by atoms with Crippen molar-refractivity contribution in [1.29, 1.82) is 0 Å². The molecular weight excluding hydrogens is 270 g/mol. The van der Waals surface area contributed by atoms with Gasteiger partial charge in [0.05, 0.1) is 0 Å². The molecule has 0 spiro atoms. The molecule has 0 saturated heterocycles. The fourth-order valence-corrected chi connectivity index (χ4v) is 3.34. The van der Waals surface area contributed by atoms with Crippen LogP contribution in [-0.2, 0) is 6.54 Å². The summed E-state index contributed by atoms with van der Waals surface area (Å²) in [6, 6.07) is 2.12. The van der Waals surface area contributed by atoms with Gasteiger partial charge < -0.3 is 5.32 Å². The van der Waals surface area contributed by atoms with E-state index < -0.39 is 0 Å². The molecule has 0 radical (unpaired) electrons. The van der Waals surface area contributed by atoms with E-state index in [9.17, 15) is 0 Å². The first-order valence-corrected chi connectivity index (χ1v) is 7.11. The van der Waals surface area contributed by atoms with Gasteiger partial charge in [0.15, 0.2) is 0 Å². The standard InChI is InChI=1S/C12H16BrNS/c13-11-6-7-15-12(11)9-14-8-10-4-2-1-3-5-10/h1-2,6-7,10,14H,3-5,8-9H2. The molecule has 1 aliphatic rings. The largest absolute Gasteiger partial charge is 0.312 e. The Morgan fingerprint density at radius 1 is 1.47 bits per heavy atom. The summed E-state index contributed by atoms with van der Waals surface area (Å²) in [7, 11) is 0. The number of allylic oxidation sites excluding steroid dienone is 2. The molecule has 0 aromatic carbocycles. The van der Waals surface area contributed by atoms with E-state index in [4.69, 9.17) is 0 Å². The normalized spacial score (nSPS) is 20.7. The molecular formula is C12H16BrNS. The lowest BCUT2D eigenvalue weighted by Crippen LogP contribution is -2.22. The summed E-state index contributed by atoms with van der Waals surface area (Å²) in [6.07, 6.45) is 8.46. The first-order chi connectivity index (χ1) is 7.36. The highest BCUT2D eigenvalue weighted by molar-refractivity contribution is 9.10. The van der Waals surface area contributed by atoms with Crippen LogP contribution >= 0.6 is 27.3 Å². The zero-order valence-corrected chi connectivity index (χ0v) is 11.1. The van der Waals surface area contributed by atoms with Crippen molar-refractivity contribution < 1.29 is 0 Å². The van der Waals surface area contributed by atoms with Crippen LogP contribution in [0.3, 0.4) is 0 Å². The van der Waals surface area contributed by atoms with E-state index >= 15 is 0 Å². The topological polar surface area (TPSA) is 12.0 Å². The van der Waals surface area contributed by atoms with E-state index in [0.717, 1.165) is 19.0 Å². The highest BCUT2D eigenvalue weighted by atomic mass is 79.9. The number of hydrogen-bond acceptors (Lipinski definition) is 2. The smallest absolute Gasteiger partial charge is 0.0327 e. The molecule has 0 bridgehead atoms. The van der Waals surface area contributed by atoms with Crippen molar-refractivity contribution in [3.05, 3.63) is 32.9 Å². The SMILES string of the molecule is Brc1ccsc1CNCC1CC=CCC1. The fourth-order valence-electron chi connectivity index (χ4n) is 1.88. The maximum atomic E-state index is 3.55. The van der Waals surface area contributed by atoms with Gasteiger partial charge in [-0.05, 0) is 59.1 Å². The Morgan fingerprint density at radius 3 is 3.07 bits per heavy atom. The van der Waals surface area contributed by atoms with Crippen LogP contribution in [0.15, 0.2) is 28.1 Å². The van der Waals surface area contributed by atoms with Crippen LogP contribution in [0.4, 0.5) is 0 Å². The highest BCUT2D eigenvalue weighted by Crippen LogP contribution is 2.22.